The average Bonchev–Trinajstić information content (AvgIpc) is 2.86. The number of hydrogen-bond donors (Lipinski definition) is 4. The monoisotopic (exact) mass is 366 g/mol. The van der Waals surface area contributed by atoms with Gasteiger partial charge in [0, 0.05) is 0 Å². The quantitative estimate of drug-likeness (QED) is 0.262. The Hall–Kier alpha value is -2.09. The molecule has 13 heteroatoms. The molecule has 129 valence electrons. The summed E-state index contributed by atoms with van der Waals surface area (Å²) in [5.74, 6) is -0.546. The van der Waals surface area contributed by atoms with Gasteiger partial charge in [-0.1, -0.05) is 0 Å². The van der Waals surface area contributed by atoms with Crippen LogP contribution in [0.4, 0.5) is 9.59 Å². The molecule has 1 fully saturated rings. The molecule has 0 saturated carbocycles. The summed E-state index contributed by atoms with van der Waals surface area (Å²) in [6.45, 7) is -0.697. The maximum absolute atomic E-state index is 10.4. The van der Waals surface area contributed by atoms with Crippen LogP contribution in [0.3, 0.4) is 0 Å². The van der Waals surface area contributed by atoms with Gasteiger partial charge in [-0.2, -0.15) is 0 Å². The predicted octanol–water partition coefficient (Wildman–Crippen LogP) is -1.46. The Bertz CT molecular complexity index is 347. The van der Waals surface area contributed by atoms with E-state index in [1.54, 1.807) is 0 Å². The molecule has 1 aliphatic heterocycles. The number of hydrogen-bond acceptors (Lipinski definition) is 9. The standard InChI is InChI=1S/C5H9N2O6.C4H5NO2.Co.O/c8-2-12-4(10)6-1-7-5(11)13-3-9;6-3-1-2-4(7)5-3;;/h1,8-9H,2-3H2,(H,6,10)(H,7,11);1-2H2,(H,5,6,7);;/q-1;;;/p-1. The first kappa shape index (κ1) is 22.2. The zero-order valence-electron chi connectivity index (χ0n) is 10.9. The molecule has 0 radical (unpaired) electrons. The molecule has 0 aromatic heterocycles. The van der Waals surface area contributed by atoms with E-state index in [2.05, 4.69) is 30.5 Å². The minimum absolute atomic E-state index is 0.273. The Morgan fingerprint density at radius 1 is 1.05 bits per heavy atom. The molecule has 1 heterocycles. The Morgan fingerprint density at radius 3 is 1.64 bits per heavy atom. The number of amides is 4. The third kappa shape index (κ3) is 14.3. The van der Waals surface area contributed by atoms with Crippen molar-refractivity contribution in [3.8, 4) is 0 Å². The summed E-state index contributed by atoms with van der Waals surface area (Å²) >= 11 is 2.31. The van der Waals surface area contributed by atoms with Gasteiger partial charge >= 0.3 is 31.7 Å². The number of imide groups is 1. The molecule has 4 N–H and O–H groups in total. The fourth-order valence-electron chi connectivity index (χ4n) is 0.819. The topological polar surface area (TPSA) is 182 Å². The zero-order valence-corrected chi connectivity index (χ0v) is 12.0. The van der Waals surface area contributed by atoms with Crippen molar-refractivity contribution in [2.75, 3.05) is 13.6 Å². The molecule has 0 spiro atoms. The Balaban J connectivity index is 0. The van der Waals surface area contributed by atoms with E-state index < -0.39 is 25.8 Å². The minimum atomic E-state index is -0.938. The number of nitrogens with one attached hydrogen (secondary N) is 2. The van der Waals surface area contributed by atoms with Gasteiger partial charge in [-0.05, 0) is 12.8 Å². The molecular formula is C9H13CoN3O9-2. The van der Waals surface area contributed by atoms with Crippen LogP contribution in [0.5, 0.6) is 0 Å². The number of carbonyl (C=O) groups is 4. The maximum atomic E-state index is 10.4. The van der Waals surface area contributed by atoms with Gasteiger partial charge in [-0.25, -0.2) is 9.59 Å². The van der Waals surface area contributed by atoms with E-state index in [1.165, 1.54) is 0 Å². The van der Waals surface area contributed by atoms with Gasteiger partial charge in [0.15, 0.2) is 13.6 Å². The number of alkyl carbamates (subject to hydrolysis) is 2. The molecule has 1 rings (SSSR count). The molecular weight excluding hydrogens is 353 g/mol. The molecule has 12 nitrogen and oxygen atoms in total. The van der Waals surface area contributed by atoms with Gasteiger partial charge in [0.25, 0.3) is 0 Å². The normalized spacial score (nSPS) is 11.8. The van der Waals surface area contributed by atoms with Crippen LogP contribution < -0.4 is 10.6 Å². The average molecular weight is 366 g/mol. The van der Waals surface area contributed by atoms with E-state index in [1.807, 2.05) is 10.6 Å². The van der Waals surface area contributed by atoms with Crippen LogP contribution in [-0.4, -0.2) is 47.8 Å². The van der Waals surface area contributed by atoms with E-state index in [0.29, 0.717) is 12.8 Å². The number of aliphatic hydroxyl groups excluding tert-OH is 2. The van der Waals surface area contributed by atoms with E-state index in [0.717, 1.165) is 6.67 Å². The van der Waals surface area contributed by atoms with Crippen molar-refractivity contribution in [1.29, 1.82) is 0 Å². The van der Waals surface area contributed by atoms with Crippen LogP contribution in [0.1, 0.15) is 12.8 Å². The third-order valence-electron chi connectivity index (χ3n) is 1.57. The molecule has 1 saturated heterocycles. The van der Waals surface area contributed by atoms with E-state index in [4.69, 9.17) is 14.1 Å². The molecule has 22 heavy (non-hydrogen) atoms. The number of rotatable bonds is 4. The number of aliphatic hydroxyl groups is 2. The van der Waals surface area contributed by atoms with Gasteiger partial charge in [0.05, 0.1) is 11.8 Å². The SMILES string of the molecule is O=C(N[CH-]NC(=O)OCO)OCO.O=C1CCC(=O)[N-]1.[O]=[Co]. The summed E-state index contributed by atoms with van der Waals surface area (Å²) in [5, 5.41) is 23.2. The van der Waals surface area contributed by atoms with Gasteiger partial charge in [0.1, 0.15) is 0 Å². The number of ether oxygens (including phenoxy) is 2. The second-order valence-electron chi connectivity index (χ2n) is 2.95. The zero-order chi connectivity index (χ0) is 17.4. The summed E-state index contributed by atoms with van der Waals surface area (Å²) in [5.41, 5.74) is 0. The van der Waals surface area contributed by atoms with Crippen molar-refractivity contribution < 1.29 is 58.4 Å². The van der Waals surface area contributed by atoms with Crippen LogP contribution in [-0.2, 0) is 38.6 Å². The van der Waals surface area contributed by atoms with Crippen molar-refractivity contribution in [3.05, 3.63) is 12.0 Å². The van der Waals surface area contributed by atoms with Gasteiger partial charge in [-0.15, -0.1) is 6.67 Å². The van der Waals surface area contributed by atoms with Crippen molar-refractivity contribution >= 4 is 24.0 Å². The van der Waals surface area contributed by atoms with Crippen LogP contribution >= 0.6 is 0 Å². The summed E-state index contributed by atoms with van der Waals surface area (Å²) < 4.78 is 16.0. The summed E-state index contributed by atoms with van der Waals surface area (Å²) in [6, 6.07) is 0. The summed E-state index contributed by atoms with van der Waals surface area (Å²) in [6.07, 6.45) is -1.24. The van der Waals surface area contributed by atoms with E-state index >= 15 is 0 Å². The van der Waals surface area contributed by atoms with Gasteiger partial charge < -0.3 is 45.2 Å². The first-order valence-electron chi connectivity index (χ1n) is 5.30. The van der Waals surface area contributed by atoms with E-state index in [9.17, 15) is 19.2 Å². The number of carbonyl (C=O) groups excluding carboxylic acids is 4. The van der Waals surface area contributed by atoms with Crippen molar-refractivity contribution in [1.82, 2.24) is 10.6 Å². The number of nitrogens with zero attached hydrogens (tertiary/aromatic N) is 1. The second-order valence-corrected chi connectivity index (χ2v) is 2.95. The second kappa shape index (κ2) is 15.3. The fourth-order valence-corrected chi connectivity index (χ4v) is 0.819. The van der Waals surface area contributed by atoms with Gasteiger partial charge in [0.2, 0.25) is 0 Å². The molecule has 0 aliphatic carbocycles. The third-order valence-corrected chi connectivity index (χ3v) is 1.57. The predicted molar refractivity (Wildman–Crippen MR) is 61.0 cm³/mol. The summed E-state index contributed by atoms with van der Waals surface area (Å²) in [4.78, 5) is 41.0. The van der Waals surface area contributed by atoms with Gasteiger partial charge in [-0.3, -0.25) is 0 Å². The van der Waals surface area contributed by atoms with Crippen LogP contribution in [0, 0.1) is 6.67 Å². The Kier molecular flexibility index (Phi) is 15.4. The molecule has 1 aliphatic rings. The molecule has 0 aromatic rings. The molecule has 4 amide bonds. The molecule has 0 bridgehead atoms. The Labute approximate surface area is 132 Å². The van der Waals surface area contributed by atoms with Crippen LogP contribution in [0.25, 0.3) is 5.32 Å². The first-order chi connectivity index (χ1) is 10.5. The molecule has 0 atom stereocenters. The van der Waals surface area contributed by atoms with Crippen molar-refractivity contribution in [2.24, 2.45) is 0 Å². The Morgan fingerprint density at radius 2 is 1.41 bits per heavy atom. The molecule has 0 aromatic carbocycles. The summed E-state index contributed by atoms with van der Waals surface area (Å²) in [7, 11) is 0. The van der Waals surface area contributed by atoms with Crippen molar-refractivity contribution in [3.63, 3.8) is 0 Å². The van der Waals surface area contributed by atoms with Crippen LogP contribution in [0.15, 0.2) is 0 Å². The first-order valence-corrected chi connectivity index (χ1v) is 5.73. The van der Waals surface area contributed by atoms with Crippen molar-refractivity contribution in [2.45, 2.75) is 12.8 Å². The van der Waals surface area contributed by atoms with Crippen LogP contribution in [0.2, 0.25) is 0 Å². The van der Waals surface area contributed by atoms with E-state index in [-0.39, 0.29) is 11.8 Å². The fraction of sp³-hybridized carbons (Fsp3) is 0.444. The molecule has 0 unspecified atom stereocenters.